The Kier molecular flexibility index (Phi) is 5.48. The molecule has 0 spiro atoms. The highest BCUT2D eigenvalue weighted by Crippen LogP contribution is 2.18. The minimum absolute atomic E-state index is 0.0545. The van der Waals surface area contributed by atoms with E-state index in [0.717, 1.165) is 10.5 Å². The standard InChI is InChI=1S/C12H14N2OS/c1-2-6-14-12(15)9-16-11-5-3-4-10(7-11)8-13/h1,3-5,7H,6,8-9,13H2,(H,14,15). The van der Waals surface area contributed by atoms with E-state index in [4.69, 9.17) is 12.2 Å². The fourth-order valence-electron chi connectivity index (χ4n) is 1.11. The second-order valence-electron chi connectivity index (χ2n) is 3.12. The van der Waals surface area contributed by atoms with E-state index in [1.807, 2.05) is 24.3 Å². The van der Waals surface area contributed by atoms with Crippen LogP contribution in [-0.2, 0) is 11.3 Å². The van der Waals surface area contributed by atoms with Crippen molar-refractivity contribution in [2.45, 2.75) is 11.4 Å². The lowest BCUT2D eigenvalue weighted by molar-refractivity contribution is -0.118. The van der Waals surface area contributed by atoms with Crippen LogP contribution in [-0.4, -0.2) is 18.2 Å². The molecule has 16 heavy (non-hydrogen) atoms. The van der Waals surface area contributed by atoms with Crippen LogP contribution in [0.5, 0.6) is 0 Å². The number of nitrogens with one attached hydrogen (secondary N) is 1. The number of hydrogen-bond acceptors (Lipinski definition) is 3. The molecule has 0 aliphatic heterocycles. The van der Waals surface area contributed by atoms with E-state index in [2.05, 4.69) is 11.2 Å². The maximum absolute atomic E-state index is 11.3. The summed E-state index contributed by atoms with van der Waals surface area (Å²) in [5.41, 5.74) is 6.59. The van der Waals surface area contributed by atoms with E-state index >= 15 is 0 Å². The summed E-state index contributed by atoms with van der Waals surface area (Å²) in [6.45, 7) is 0.792. The van der Waals surface area contributed by atoms with Crippen molar-refractivity contribution in [3.8, 4) is 12.3 Å². The Balaban J connectivity index is 2.42. The van der Waals surface area contributed by atoms with Crippen LogP contribution in [0.25, 0.3) is 0 Å². The van der Waals surface area contributed by atoms with Crippen LogP contribution in [0.1, 0.15) is 5.56 Å². The Morgan fingerprint density at radius 1 is 1.56 bits per heavy atom. The molecule has 0 heterocycles. The lowest BCUT2D eigenvalue weighted by Crippen LogP contribution is -2.25. The lowest BCUT2D eigenvalue weighted by atomic mass is 10.2. The van der Waals surface area contributed by atoms with Crippen molar-refractivity contribution in [2.24, 2.45) is 5.73 Å². The average molecular weight is 234 g/mol. The van der Waals surface area contributed by atoms with Crippen molar-refractivity contribution in [1.82, 2.24) is 5.32 Å². The van der Waals surface area contributed by atoms with E-state index in [9.17, 15) is 4.79 Å². The molecular weight excluding hydrogens is 220 g/mol. The molecule has 0 aromatic heterocycles. The fraction of sp³-hybridized carbons (Fsp3) is 0.250. The number of rotatable bonds is 5. The number of benzene rings is 1. The molecular formula is C12H14N2OS. The van der Waals surface area contributed by atoms with E-state index in [1.54, 1.807) is 0 Å². The molecule has 0 radical (unpaired) electrons. The van der Waals surface area contributed by atoms with Crippen molar-refractivity contribution < 1.29 is 4.79 Å². The fourth-order valence-corrected chi connectivity index (χ4v) is 1.92. The van der Waals surface area contributed by atoms with Gasteiger partial charge >= 0.3 is 0 Å². The highest BCUT2D eigenvalue weighted by molar-refractivity contribution is 8.00. The Hall–Kier alpha value is -1.44. The summed E-state index contributed by atoms with van der Waals surface area (Å²) in [4.78, 5) is 12.3. The van der Waals surface area contributed by atoms with Gasteiger partial charge in [0.2, 0.25) is 5.91 Å². The first-order valence-corrected chi connectivity index (χ1v) is 5.87. The minimum atomic E-state index is -0.0545. The molecule has 4 heteroatoms. The molecule has 3 nitrogen and oxygen atoms in total. The van der Waals surface area contributed by atoms with Crippen LogP contribution in [0.15, 0.2) is 29.2 Å². The summed E-state index contributed by atoms with van der Waals surface area (Å²) in [7, 11) is 0. The molecule has 1 aromatic carbocycles. The van der Waals surface area contributed by atoms with Gasteiger partial charge in [-0.25, -0.2) is 0 Å². The number of carbonyl (C=O) groups is 1. The second kappa shape index (κ2) is 6.94. The Morgan fingerprint density at radius 2 is 2.38 bits per heavy atom. The molecule has 0 aliphatic rings. The average Bonchev–Trinajstić information content (AvgIpc) is 2.34. The molecule has 0 bridgehead atoms. The number of amides is 1. The van der Waals surface area contributed by atoms with E-state index in [0.29, 0.717) is 12.3 Å². The van der Waals surface area contributed by atoms with Crippen molar-refractivity contribution in [1.29, 1.82) is 0 Å². The van der Waals surface area contributed by atoms with Gasteiger partial charge in [-0.2, -0.15) is 0 Å². The first kappa shape index (κ1) is 12.6. The van der Waals surface area contributed by atoms with Gasteiger partial charge in [0.25, 0.3) is 0 Å². The zero-order valence-corrected chi connectivity index (χ0v) is 9.72. The highest BCUT2D eigenvalue weighted by Gasteiger charge is 2.01. The van der Waals surface area contributed by atoms with Gasteiger partial charge in [-0.15, -0.1) is 18.2 Å². The van der Waals surface area contributed by atoms with Gasteiger partial charge in [0, 0.05) is 11.4 Å². The molecule has 0 saturated carbocycles. The van der Waals surface area contributed by atoms with E-state index in [1.165, 1.54) is 11.8 Å². The summed E-state index contributed by atoms with van der Waals surface area (Å²) < 4.78 is 0. The van der Waals surface area contributed by atoms with Crippen molar-refractivity contribution in [3.05, 3.63) is 29.8 Å². The number of hydrogen-bond donors (Lipinski definition) is 2. The monoisotopic (exact) mass is 234 g/mol. The number of nitrogens with two attached hydrogens (primary N) is 1. The molecule has 3 N–H and O–H groups in total. The summed E-state index contributed by atoms with van der Waals surface area (Å²) in [5, 5.41) is 2.61. The van der Waals surface area contributed by atoms with Gasteiger partial charge in [0.15, 0.2) is 0 Å². The maximum Gasteiger partial charge on any atom is 0.231 e. The molecule has 0 fully saturated rings. The summed E-state index contributed by atoms with van der Waals surface area (Å²) in [5.74, 6) is 2.67. The molecule has 0 aliphatic carbocycles. The third-order valence-corrected chi connectivity index (χ3v) is 2.89. The molecule has 1 amide bonds. The Bertz CT molecular complexity index is 398. The van der Waals surface area contributed by atoms with Gasteiger partial charge in [-0.3, -0.25) is 4.79 Å². The van der Waals surface area contributed by atoms with Gasteiger partial charge < -0.3 is 11.1 Å². The van der Waals surface area contributed by atoms with Crippen LogP contribution in [0.2, 0.25) is 0 Å². The van der Waals surface area contributed by atoms with Gasteiger partial charge in [0.05, 0.1) is 12.3 Å². The normalized spacial score (nSPS) is 9.50. The topological polar surface area (TPSA) is 55.1 Å². The number of terminal acetylenes is 1. The molecule has 1 aromatic rings. The maximum atomic E-state index is 11.3. The highest BCUT2D eigenvalue weighted by atomic mass is 32.2. The SMILES string of the molecule is C#CCNC(=O)CSc1cccc(CN)c1. The van der Waals surface area contributed by atoms with Crippen molar-refractivity contribution in [2.75, 3.05) is 12.3 Å². The first-order valence-electron chi connectivity index (χ1n) is 4.88. The van der Waals surface area contributed by atoms with Crippen LogP contribution in [0.3, 0.4) is 0 Å². The number of thioether (sulfide) groups is 1. The quantitative estimate of drug-likeness (QED) is 0.590. The Labute approximate surface area is 99.8 Å². The third kappa shape index (κ3) is 4.39. The molecule has 0 unspecified atom stereocenters. The zero-order valence-electron chi connectivity index (χ0n) is 8.90. The number of carbonyl (C=O) groups excluding carboxylic acids is 1. The van der Waals surface area contributed by atoms with Crippen LogP contribution in [0.4, 0.5) is 0 Å². The van der Waals surface area contributed by atoms with Crippen molar-refractivity contribution >= 4 is 17.7 Å². The van der Waals surface area contributed by atoms with E-state index < -0.39 is 0 Å². The molecule has 1 rings (SSSR count). The van der Waals surface area contributed by atoms with Gasteiger partial charge in [0.1, 0.15) is 0 Å². The van der Waals surface area contributed by atoms with E-state index in [-0.39, 0.29) is 12.5 Å². The molecule has 0 atom stereocenters. The summed E-state index contributed by atoms with van der Waals surface area (Å²) in [6, 6.07) is 7.84. The van der Waals surface area contributed by atoms with Gasteiger partial charge in [-0.05, 0) is 17.7 Å². The first-order chi connectivity index (χ1) is 7.76. The third-order valence-electron chi connectivity index (χ3n) is 1.89. The molecule has 84 valence electrons. The predicted molar refractivity (Wildman–Crippen MR) is 66.9 cm³/mol. The Morgan fingerprint density at radius 3 is 3.06 bits per heavy atom. The van der Waals surface area contributed by atoms with Crippen LogP contribution < -0.4 is 11.1 Å². The second-order valence-corrected chi connectivity index (χ2v) is 4.17. The minimum Gasteiger partial charge on any atom is -0.344 e. The summed E-state index contributed by atoms with van der Waals surface area (Å²) >= 11 is 1.47. The van der Waals surface area contributed by atoms with Crippen LogP contribution >= 0.6 is 11.8 Å². The molecule has 0 saturated heterocycles. The van der Waals surface area contributed by atoms with Crippen LogP contribution in [0, 0.1) is 12.3 Å². The summed E-state index contributed by atoms with van der Waals surface area (Å²) in [6.07, 6.45) is 5.04. The van der Waals surface area contributed by atoms with Gasteiger partial charge in [-0.1, -0.05) is 18.1 Å². The predicted octanol–water partition coefficient (Wildman–Crippen LogP) is 0.987. The van der Waals surface area contributed by atoms with Crippen molar-refractivity contribution in [3.63, 3.8) is 0 Å². The largest absolute Gasteiger partial charge is 0.344 e. The zero-order chi connectivity index (χ0) is 11.8. The lowest BCUT2D eigenvalue weighted by Gasteiger charge is -2.03. The smallest absolute Gasteiger partial charge is 0.231 e.